The van der Waals surface area contributed by atoms with Crippen LogP contribution in [0.5, 0.6) is 0 Å². The number of nitrogen functional groups attached to an aromatic ring is 1. The fourth-order valence-electron chi connectivity index (χ4n) is 2.33. The molecule has 1 atom stereocenters. The van der Waals surface area contributed by atoms with Gasteiger partial charge in [-0.3, -0.25) is 4.79 Å². The van der Waals surface area contributed by atoms with Crippen molar-refractivity contribution >= 4 is 33.0 Å². The number of hydrogen-bond donors (Lipinski definition) is 1. The molecule has 5 nitrogen and oxygen atoms in total. The van der Waals surface area contributed by atoms with Gasteiger partial charge in [0.1, 0.15) is 0 Å². The van der Waals surface area contributed by atoms with Crippen molar-refractivity contribution in [2.45, 2.75) is 12.5 Å². The largest absolute Gasteiger partial charge is 0.398 e. The Morgan fingerprint density at radius 1 is 1.52 bits per heavy atom. The number of amides is 1. The molecule has 21 heavy (non-hydrogen) atoms. The van der Waals surface area contributed by atoms with Gasteiger partial charge in [0.05, 0.1) is 28.8 Å². The summed E-state index contributed by atoms with van der Waals surface area (Å²) in [5.74, 6) is 2.09. The van der Waals surface area contributed by atoms with E-state index in [9.17, 15) is 13.2 Å². The quantitative estimate of drug-likeness (QED) is 0.668. The van der Waals surface area contributed by atoms with E-state index in [-0.39, 0.29) is 24.0 Å². The van der Waals surface area contributed by atoms with Gasteiger partial charge in [0.2, 0.25) is 0 Å². The van der Waals surface area contributed by atoms with E-state index in [0.717, 1.165) is 0 Å². The molecule has 1 aliphatic heterocycles. The lowest BCUT2D eigenvalue weighted by Gasteiger charge is -2.26. The second-order valence-corrected chi connectivity index (χ2v) is 7.57. The van der Waals surface area contributed by atoms with Gasteiger partial charge in [-0.25, -0.2) is 8.42 Å². The van der Waals surface area contributed by atoms with Gasteiger partial charge < -0.3 is 10.6 Å². The Balaban J connectivity index is 2.28. The number of hydrogen-bond acceptors (Lipinski definition) is 4. The number of rotatable bonds is 3. The number of halogens is 1. The lowest BCUT2D eigenvalue weighted by Crippen LogP contribution is -2.41. The highest BCUT2D eigenvalue weighted by atomic mass is 35.5. The molecule has 0 spiro atoms. The van der Waals surface area contributed by atoms with Crippen molar-refractivity contribution in [3.8, 4) is 12.3 Å². The minimum absolute atomic E-state index is 0.0521. The Hall–Kier alpha value is -1.71. The third-order valence-corrected chi connectivity index (χ3v) is 5.51. The van der Waals surface area contributed by atoms with E-state index in [2.05, 4.69) is 5.92 Å². The summed E-state index contributed by atoms with van der Waals surface area (Å²) >= 11 is 5.83. The summed E-state index contributed by atoms with van der Waals surface area (Å²) in [5.41, 5.74) is 6.33. The van der Waals surface area contributed by atoms with Crippen molar-refractivity contribution in [3.05, 3.63) is 28.8 Å². The summed E-state index contributed by atoms with van der Waals surface area (Å²) in [6.07, 6.45) is 5.70. The van der Waals surface area contributed by atoms with E-state index in [0.29, 0.717) is 22.7 Å². The summed E-state index contributed by atoms with van der Waals surface area (Å²) in [7, 11) is -3.10. The highest BCUT2D eigenvalue weighted by molar-refractivity contribution is 7.91. The van der Waals surface area contributed by atoms with Crippen LogP contribution < -0.4 is 5.73 Å². The van der Waals surface area contributed by atoms with Crippen LogP contribution in [0.25, 0.3) is 0 Å². The number of nitrogens with two attached hydrogens (primary N) is 1. The molecule has 1 aromatic carbocycles. The molecule has 1 unspecified atom stereocenters. The van der Waals surface area contributed by atoms with Crippen molar-refractivity contribution in [1.29, 1.82) is 0 Å². The van der Waals surface area contributed by atoms with Gasteiger partial charge in [0, 0.05) is 11.6 Å². The maximum absolute atomic E-state index is 12.5. The maximum atomic E-state index is 12.5. The Labute approximate surface area is 129 Å². The number of terminal acetylenes is 1. The molecule has 1 heterocycles. The van der Waals surface area contributed by atoms with E-state index in [1.807, 2.05) is 0 Å². The highest BCUT2D eigenvalue weighted by Gasteiger charge is 2.34. The fraction of sp³-hybridized carbons (Fsp3) is 0.357. The summed E-state index contributed by atoms with van der Waals surface area (Å²) in [5, 5.41) is 0.360. The van der Waals surface area contributed by atoms with Gasteiger partial charge in [0.15, 0.2) is 9.84 Å². The minimum atomic E-state index is -3.10. The molecule has 2 N–H and O–H groups in total. The number of sulfone groups is 1. The number of anilines is 1. The van der Waals surface area contributed by atoms with Crippen molar-refractivity contribution in [1.82, 2.24) is 4.90 Å². The van der Waals surface area contributed by atoms with Gasteiger partial charge in [-0.05, 0) is 24.6 Å². The SMILES string of the molecule is C#CCN(C(=O)c1ccc(Cl)c(N)c1)C1CCS(=O)(=O)C1. The van der Waals surface area contributed by atoms with Gasteiger partial charge in [-0.1, -0.05) is 17.5 Å². The van der Waals surface area contributed by atoms with Crippen LogP contribution in [0, 0.1) is 12.3 Å². The Bertz CT molecular complexity index is 709. The fourth-order valence-corrected chi connectivity index (χ4v) is 4.18. The van der Waals surface area contributed by atoms with Gasteiger partial charge in [0.25, 0.3) is 5.91 Å². The van der Waals surface area contributed by atoms with E-state index in [4.69, 9.17) is 23.8 Å². The average Bonchev–Trinajstić information content (AvgIpc) is 2.78. The first-order valence-electron chi connectivity index (χ1n) is 6.34. The van der Waals surface area contributed by atoms with Crippen molar-refractivity contribution in [2.75, 3.05) is 23.8 Å². The Morgan fingerprint density at radius 2 is 2.24 bits per heavy atom. The molecular formula is C14H15ClN2O3S. The first kappa shape index (κ1) is 15.7. The third-order valence-electron chi connectivity index (χ3n) is 3.41. The molecule has 1 amide bonds. The molecule has 0 aliphatic carbocycles. The third kappa shape index (κ3) is 3.49. The van der Waals surface area contributed by atoms with Gasteiger partial charge in [-0.15, -0.1) is 6.42 Å². The molecule has 0 saturated carbocycles. The Morgan fingerprint density at radius 3 is 2.76 bits per heavy atom. The van der Waals surface area contributed by atoms with E-state index >= 15 is 0 Å². The van der Waals surface area contributed by atoms with Crippen LogP contribution in [0.3, 0.4) is 0 Å². The topological polar surface area (TPSA) is 80.5 Å². The van der Waals surface area contributed by atoms with Crippen molar-refractivity contribution in [3.63, 3.8) is 0 Å². The van der Waals surface area contributed by atoms with Crippen molar-refractivity contribution in [2.24, 2.45) is 0 Å². The summed E-state index contributed by atoms with van der Waals surface area (Å²) in [6, 6.07) is 4.16. The molecule has 112 valence electrons. The van der Waals surface area contributed by atoms with Crippen LogP contribution in [0.4, 0.5) is 5.69 Å². The smallest absolute Gasteiger partial charge is 0.254 e. The molecular weight excluding hydrogens is 312 g/mol. The van der Waals surface area contributed by atoms with Crippen molar-refractivity contribution < 1.29 is 13.2 Å². The van der Waals surface area contributed by atoms with Crippen LogP contribution in [0.15, 0.2) is 18.2 Å². The molecule has 1 fully saturated rings. The first-order valence-corrected chi connectivity index (χ1v) is 8.54. The standard InChI is InChI=1S/C14H15ClN2O3S/c1-2-6-17(11-5-7-21(19,20)9-11)14(18)10-3-4-12(15)13(16)8-10/h1,3-4,8,11H,5-7,9,16H2. The average molecular weight is 327 g/mol. The van der Waals surface area contributed by atoms with E-state index < -0.39 is 15.9 Å². The number of carbonyl (C=O) groups is 1. The predicted molar refractivity (Wildman–Crippen MR) is 82.8 cm³/mol. The normalized spacial score (nSPS) is 19.9. The van der Waals surface area contributed by atoms with Crippen LogP contribution in [-0.4, -0.2) is 43.3 Å². The maximum Gasteiger partial charge on any atom is 0.254 e. The minimum Gasteiger partial charge on any atom is -0.398 e. The van der Waals surface area contributed by atoms with Crippen LogP contribution >= 0.6 is 11.6 Å². The van der Waals surface area contributed by atoms with Crippen LogP contribution in [0.1, 0.15) is 16.8 Å². The zero-order valence-corrected chi connectivity index (χ0v) is 12.8. The van der Waals surface area contributed by atoms with E-state index in [1.54, 1.807) is 6.07 Å². The van der Waals surface area contributed by atoms with Crippen LogP contribution in [0.2, 0.25) is 5.02 Å². The molecule has 0 aromatic heterocycles. The zero-order valence-electron chi connectivity index (χ0n) is 11.3. The molecule has 0 bridgehead atoms. The molecule has 2 rings (SSSR count). The Kier molecular flexibility index (Phi) is 4.45. The van der Waals surface area contributed by atoms with Crippen LogP contribution in [-0.2, 0) is 9.84 Å². The highest BCUT2D eigenvalue weighted by Crippen LogP contribution is 2.23. The molecule has 7 heteroatoms. The molecule has 1 saturated heterocycles. The molecule has 1 aliphatic rings. The lowest BCUT2D eigenvalue weighted by atomic mass is 10.1. The first-order chi connectivity index (χ1) is 9.84. The summed E-state index contributed by atoms with van der Waals surface area (Å²) in [4.78, 5) is 13.9. The van der Waals surface area contributed by atoms with Gasteiger partial charge >= 0.3 is 0 Å². The second kappa shape index (κ2) is 5.96. The molecule has 1 aromatic rings. The van der Waals surface area contributed by atoms with Gasteiger partial charge in [-0.2, -0.15) is 0 Å². The second-order valence-electron chi connectivity index (χ2n) is 4.93. The zero-order chi connectivity index (χ0) is 15.6. The number of carbonyl (C=O) groups excluding carboxylic acids is 1. The number of nitrogens with zero attached hydrogens (tertiary/aromatic N) is 1. The lowest BCUT2D eigenvalue weighted by molar-refractivity contribution is 0.0724. The summed E-state index contributed by atoms with van der Waals surface area (Å²) in [6.45, 7) is 0.0571. The molecule has 0 radical (unpaired) electrons. The summed E-state index contributed by atoms with van der Waals surface area (Å²) < 4.78 is 23.2. The van der Waals surface area contributed by atoms with E-state index in [1.165, 1.54) is 17.0 Å². The monoisotopic (exact) mass is 326 g/mol. The number of benzene rings is 1. The predicted octanol–water partition coefficient (Wildman–Crippen LogP) is 1.18.